The summed E-state index contributed by atoms with van der Waals surface area (Å²) >= 11 is 7.34. The minimum atomic E-state index is -3.84. The first-order valence-corrected chi connectivity index (χ1v) is 11.9. The van der Waals surface area contributed by atoms with Crippen LogP contribution in [0.15, 0.2) is 29.2 Å². The minimum absolute atomic E-state index is 0.0798. The van der Waals surface area contributed by atoms with E-state index in [9.17, 15) is 13.2 Å². The maximum Gasteiger partial charge on any atom is 0.262 e. The minimum Gasteiger partial charge on any atom is -0.378 e. The van der Waals surface area contributed by atoms with Gasteiger partial charge in [0.25, 0.3) is 15.9 Å². The maximum atomic E-state index is 13.3. The van der Waals surface area contributed by atoms with Crippen molar-refractivity contribution >= 4 is 43.9 Å². The number of thiophene rings is 1. The van der Waals surface area contributed by atoms with Crippen LogP contribution in [0.4, 0.5) is 5.00 Å². The number of carbonyl (C=O) groups is 1. The molecule has 2 aliphatic rings. The summed E-state index contributed by atoms with van der Waals surface area (Å²) in [4.78, 5) is 16.2. The first kappa shape index (κ1) is 19.7. The first-order chi connectivity index (χ1) is 13.5. The molecule has 1 N–H and O–H groups in total. The summed E-state index contributed by atoms with van der Waals surface area (Å²) < 4.78 is 33.8. The number of ether oxygens (including phenoxy) is 1. The van der Waals surface area contributed by atoms with Gasteiger partial charge >= 0.3 is 0 Å². The Morgan fingerprint density at radius 1 is 1.18 bits per heavy atom. The summed E-state index contributed by atoms with van der Waals surface area (Å²) in [6.07, 6.45) is 3.74. The van der Waals surface area contributed by atoms with Crippen LogP contribution < -0.4 is 4.72 Å². The van der Waals surface area contributed by atoms with Crippen molar-refractivity contribution in [2.75, 3.05) is 31.0 Å². The Hall–Kier alpha value is -1.61. The Kier molecular flexibility index (Phi) is 5.64. The van der Waals surface area contributed by atoms with Crippen LogP contribution in [0.5, 0.6) is 0 Å². The highest BCUT2D eigenvalue weighted by Crippen LogP contribution is 2.40. The van der Waals surface area contributed by atoms with Crippen molar-refractivity contribution in [1.29, 1.82) is 0 Å². The van der Waals surface area contributed by atoms with Crippen molar-refractivity contribution in [2.45, 2.75) is 30.6 Å². The van der Waals surface area contributed by atoms with Gasteiger partial charge in [-0.3, -0.25) is 9.52 Å². The van der Waals surface area contributed by atoms with E-state index in [2.05, 4.69) is 4.72 Å². The van der Waals surface area contributed by atoms with E-state index in [1.165, 1.54) is 23.5 Å². The van der Waals surface area contributed by atoms with Gasteiger partial charge in [0.15, 0.2) is 0 Å². The summed E-state index contributed by atoms with van der Waals surface area (Å²) in [6, 6.07) is 6.11. The van der Waals surface area contributed by atoms with Gasteiger partial charge in [-0.1, -0.05) is 17.7 Å². The number of nitrogens with one attached hydrogen (secondary N) is 1. The third-order valence-electron chi connectivity index (χ3n) is 5.02. The second-order valence-corrected chi connectivity index (χ2v) is 10.1. The quantitative estimate of drug-likeness (QED) is 0.788. The van der Waals surface area contributed by atoms with Crippen LogP contribution in [0.3, 0.4) is 0 Å². The van der Waals surface area contributed by atoms with Gasteiger partial charge in [0.2, 0.25) is 0 Å². The molecular weight excluding hydrogens is 420 g/mol. The van der Waals surface area contributed by atoms with Gasteiger partial charge in [-0.05, 0) is 49.4 Å². The zero-order chi connectivity index (χ0) is 19.7. The number of carbonyl (C=O) groups excluding carboxylic acids is 1. The lowest BCUT2D eigenvalue weighted by Crippen LogP contribution is -2.41. The van der Waals surface area contributed by atoms with Crippen LogP contribution in [0.1, 0.15) is 33.6 Å². The normalized spacial score (nSPS) is 17.2. The average Bonchev–Trinajstić information content (AvgIpc) is 3.05. The number of hydrogen-bond donors (Lipinski definition) is 1. The van der Waals surface area contributed by atoms with Crippen LogP contribution >= 0.6 is 22.9 Å². The van der Waals surface area contributed by atoms with Crippen LogP contribution in [-0.4, -0.2) is 45.5 Å². The Labute approximate surface area is 173 Å². The number of benzene rings is 1. The predicted molar refractivity (Wildman–Crippen MR) is 110 cm³/mol. The van der Waals surface area contributed by atoms with Gasteiger partial charge in [-0.15, -0.1) is 11.3 Å². The fourth-order valence-electron chi connectivity index (χ4n) is 3.60. The summed E-state index contributed by atoms with van der Waals surface area (Å²) in [5.74, 6) is -0.119. The molecule has 0 saturated carbocycles. The van der Waals surface area contributed by atoms with Crippen molar-refractivity contribution < 1.29 is 17.9 Å². The maximum absolute atomic E-state index is 13.3. The highest BCUT2D eigenvalue weighted by molar-refractivity contribution is 7.93. The van der Waals surface area contributed by atoms with Gasteiger partial charge in [0.05, 0.1) is 23.7 Å². The molecule has 1 aliphatic heterocycles. The number of nitrogens with zero attached hydrogens (tertiary/aromatic N) is 1. The molecule has 0 spiro atoms. The van der Waals surface area contributed by atoms with Gasteiger partial charge in [-0.2, -0.15) is 0 Å². The summed E-state index contributed by atoms with van der Waals surface area (Å²) in [5.41, 5.74) is 1.50. The van der Waals surface area contributed by atoms with E-state index in [-0.39, 0.29) is 10.8 Å². The number of anilines is 1. The largest absolute Gasteiger partial charge is 0.378 e. The van der Waals surface area contributed by atoms with E-state index < -0.39 is 10.0 Å². The second-order valence-electron chi connectivity index (χ2n) is 6.88. The highest BCUT2D eigenvalue weighted by atomic mass is 35.5. The fraction of sp³-hybridized carbons (Fsp3) is 0.421. The van der Waals surface area contributed by atoms with Crippen LogP contribution in [0.25, 0.3) is 0 Å². The monoisotopic (exact) mass is 440 g/mol. The summed E-state index contributed by atoms with van der Waals surface area (Å²) in [5, 5.41) is 0.751. The molecule has 1 saturated heterocycles. The molecule has 28 heavy (non-hydrogen) atoms. The Balaban J connectivity index is 1.72. The van der Waals surface area contributed by atoms with Gasteiger partial charge in [-0.25, -0.2) is 8.42 Å². The molecule has 1 fully saturated rings. The molecule has 1 aliphatic carbocycles. The van der Waals surface area contributed by atoms with E-state index in [0.29, 0.717) is 41.9 Å². The van der Waals surface area contributed by atoms with E-state index in [1.807, 2.05) is 0 Å². The highest BCUT2D eigenvalue weighted by Gasteiger charge is 2.31. The standard InChI is InChI=1S/C19H21ClN2O4S2/c20-13-4-3-5-14(12-13)28(24,25)21-18-17(15-6-1-2-7-16(15)27-18)19(23)22-8-10-26-11-9-22/h3-5,12,21H,1-2,6-11H2. The molecule has 1 aromatic heterocycles. The summed E-state index contributed by atoms with van der Waals surface area (Å²) in [7, 11) is -3.84. The molecule has 1 aromatic carbocycles. The lowest BCUT2D eigenvalue weighted by Gasteiger charge is -2.27. The van der Waals surface area contributed by atoms with Crippen LogP contribution in [0, 0.1) is 0 Å². The van der Waals surface area contributed by atoms with Crippen molar-refractivity contribution in [2.24, 2.45) is 0 Å². The smallest absolute Gasteiger partial charge is 0.262 e. The van der Waals surface area contributed by atoms with E-state index in [0.717, 1.165) is 36.1 Å². The molecule has 6 nitrogen and oxygen atoms in total. The van der Waals surface area contributed by atoms with Gasteiger partial charge in [0, 0.05) is 23.0 Å². The third-order valence-corrected chi connectivity index (χ3v) is 7.94. The zero-order valence-corrected chi connectivity index (χ0v) is 17.6. The van der Waals surface area contributed by atoms with E-state index in [1.54, 1.807) is 17.0 Å². The molecule has 150 valence electrons. The molecule has 2 aromatic rings. The van der Waals surface area contributed by atoms with Gasteiger partial charge in [0.1, 0.15) is 5.00 Å². The predicted octanol–water partition coefficient (Wildman–Crippen LogP) is 3.55. The molecular formula is C19H21ClN2O4S2. The number of amides is 1. The molecule has 2 heterocycles. The third kappa shape index (κ3) is 3.91. The number of fused-ring (bicyclic) bond motifs is 1. The average molecular weight is 441 g/mol. The molecule has 1 amide bonds. The summed E-state index contributed by atoms with van der Waals surface area (Å²) in [6.45, 7) is 2.04. The topological polar surface area (TPSA) is 75.7 Å². The lowest BCUT2D eigenvalue weighted by atomic mass is 9.95. The Morgan fingerprint density at radius 2 is 1.93 bits per heavy atom. The van der Waals surface area contributed by atoms with Gasteiger partial charge < -0.3 is 9.64 Å². The molecule has 0 bridgehead atoms. The molecule has 4 rings (SSSR count). The number of rotatable bonds is 4. The van der Waals surface area contributed by atoms with Crippen molar-refractivity contribution in [1.82, 2.24) is 4.90 Å². The molecule has 9 heteroatoms. The fourth-order valence-corrected chi connectivity index (χ4v) is 6.49. The number of aryl methyl sites for hydroxylation is 1. The molecule has 0 atom stereocenters. The SMILES string of the molecule is O=C(c1c(NS(=O)(=O)c2cccc(Cl)c2)sc2c1CCCC2)N1CCOCC1. The van der Waals surface area contributed by atoms with Crippen molar-refractivity contribution in [3.63, 3.8) is 0 Å². The van der Waals surface area contributed by atoms with E-state index in [4.69, 9.17) is 16.3 Å². The zero-order valence-electron chi connectivity index (χ0n) is 15.2. The van der Waals surface area contributed by atoms with Crippen molar-refractivity contribution in [3.8, 4) is 0 Å². The van der Waals surface area contributed by atoms with E-state index >= 15 is 0 Å². The Morgan fingerprint density at radius 3 is 2.68 bits per heavy atom. The molecule has 0 radical (unpaired) electrons. The number of halogens is 1. The number of morpholine rings is 1. The lowest BCUT2D eigenvalue weighted by molar-refractivity contribution is 0.0303. The van der Waals surface area contributed by atoms with Crippen molar-refractivity contribution in [3.05, 3.63) is 45.3 Å². The molecule has 0 unspecified atom stereocenters. The second kappa shape index (κ2) is 8.02. The number of hydrogen-bond acceptors (Lipinski definition) is 5. The van der Waals surface area contributed by atoms with Crippen LogP contribution in [-0.2, 0) is 27.6 Å². The van der Waals surface area contributed by atoms with Crippen LogP contribution in [0.2, 0.25) is 5.02 Å². The number of sulfonamides is 1. The first-order valence-electron chi connectivity index (χ1n) is 9.25. The Bertz CT molecular complexity index is 997.